The largest absolute Gasteiger partial charge is 0.352 e. The molecular formula is C15H17N3O3S2. The van der Waals surface area contributed by atoms with Crippen LogP contribution in [0.5, 0.6) is 0 Å². The topological polar surface area (TPSA) is 89.0 Å². The number of thioether (sulfide) groups is 1. The minimum absolute atomic E-state index is 0.0384. The van der Waals surface area contributed by atoms with E-state index in [0.29, 0.717) is 11.4 Å². The first-order valence-corrected chi connectivity index (χ1v) is 10.1. The van der Waals surface area contributed by atoms with E-state index in [0.717, 1.165) is 16.5 Å². The summed E-state index contributed by atoms with van der Waals surface area (Å²) in [6, 6.07) is 7.54. The van der Waals surface area contributed by atoms with E-state index in [9.17, 15) is 13.2 Å². The van der Waals surface area contributed by atoms with E-state index in [4.69, 9.17) is 0 Å². The summed E-state index contributed by atoms with van der Waals surface area (Å²) in [4.78, 5) is 12.0. The summed E-state index contributed by atoms with van der Waals surface area (Å²) >= 11 is 1.31. The van der Waals surface area contributed by atoms with Crippen molar-refractivity contribution >= 4 is 38.3 Å². The van der Waals surface area contributed by atoms with Gasteiger partial charge in [0, 0.05) is 16.8 Å². The summed E-state index contributed by atoms with van der Waals surface area (Å²) in [5.74, 6) is 0.206. The van der Waals surface area contributed by atoms with Crippen LogP contribution in [0.2, 0.25) is 0 Å². The van der Waals surface area contributed by atoms with E-state index in [2.05, 4.69) is 15.5 Å². The summed E-state index contributed by atoms with van der Waals surface area (Å²) in [7, 11) is -2.99. The van der Waals surface area contributed by atoms with Crippen LogP contribution in [0.15, 0.2) is 29.3 Å². The molecule has 3 rings (SSSR count). The van der Waals surface area contributed by atoms with Gasteiger partial charge >= 0.3 is 0 Å². The van der Waals surface area contributed by atoms with Crippen LogP contribution in [0.4, 0.5) is 0 Å². The first kappa shape index (κ1) is 16.2. The Kier molecular flexibility index (Phi) is 4.54. The first-order valence-electron chi connectivity index (χ1n) is 7.29. The Labute approximate surface area is 139 Å². The molecule has 8 heteroatoms. The fourth-order valence-corrected chi connectivity index (χ4v) is 5.09. The first-order chi connectivity index (χ1) is 10.9. The lowest BCUT2D eigenvalue weighted by Gasteiger charge is -2.11. The van der Waals surface area contributed by atoms with Gasteiger partial charge in [-0.25, -0.2) is 8.42 Å². The lowest BCUT2D eigenvalue weighted by molar-refractivity contribution is -0.119. The molecule has 1 amide bonds. The maximum atomic E-state index is 12.0. The zero-order valence-electron chi connectivity index (χ0n) is 12.7. The van der Waals surface area contributed by atoms with Crippen LogP contribution in [0.25, 0.3) is 10.8 Å². The maximum Gasteiger partial charge on any atom is 0.230 e. The molecule has 0 aliphatic carbocycles. The van der Waals surface area contributed by atoms with Crippen molar-refractivity contribution in [2.45, 2.75) is 24.4 Å². The molecule has 0 spiro atoms. The molecule has 0 unspecified atom stereocenters. The highest BCUT2D eigenvalue weighted by molar-refractivity contribution is 8.00. The van der Waals surface area contributed by atoms with Gasteiger partial charge in [-0.2, -0.15) is 5.10 Å². The van der Waals surface area contributed by atoms with Crippen molar-refractivity contribution in [2.24, 2.45) is 0 Å². The van der Waals surface area contributed by atoms with E-state index in [1.54, 1.807) is 0 Å². The van der Waals surface area contributed by atoms with Gasteiger partial charge in [0.05, 0.1) is 23.0 Å². The Bertz CT molecular complexity index is 852. The summed E-state index contributed by atoms with van der Waals surface area (Å²) in [5.41, 5.74) is 0.852. The number of benzene rings is 1. The molecule has 0 bridgehead atoms. The van der Waals surface area contributed by atoms with Crippen molar-refractivity contribution in [1.82, 2.24) is 15.5 Å². The van der Waals surface area contributed by atoms with Gasteiger partial charge in [-0.3, -0.25) is 4.79 Å². The van der Waals surface area contributed by atoms with Gasteiger partial charge in [-0.05, 0) is 13.3 Å². The molecule has 6 nitrogen and oxygen atoms in total. The fraction of sp³-hybridized carbons (Fsp3) is 0.400. The van der Waals surface area contributed by atoms with Crippen molar-refractivity contribution in [3.8, 4) is 0 Å². The Morgan fingerprint density at radius 3 is 2.74 bits per heavy atom. The van der Waals surface area contributed by atoms with Crippen LogP contribution in [-0.4, -0.2) is 47.8 Å². The molecular weight excluding hydrogens is 334 g/mol. The van der Waals surface area contributed by atoms with Gasteiger partial charge in [0.1, 0.15) is 5.03 Å². The lowest BCUT2D eigenvalue weighted by Crippen LogP contribution is -2.36. The Balaban J connectivity index is 1.65. The van der Waals surface area contributed by atoms with Crippen molar-refractivity contribution in [2.75, 3.05) is 17.3 Å². The number of amides is 1. The van der Waals surface area contributed by atoms with Crippen molar-refractivity contribution in [1.29, 1.82) is 0 Å². The molecule has 1 N–H and O–H groups in total. The molecule has 1 aromatic carbocycles. The van der Waals surface area contributed by atoms with E-state index < -0.39 is 9.84 Å². The van der Waals surface area contributed by atoms with Gasteiger partial charge in [0.15, 0.2) is 9.84 Å². The molecule has 0 saturated carbocycles. The Morgan fingerprint density at radius 1 is 1.30 bits per heavy atom. The molecule has 1 fully saturated rings. The fourth-order valence-electron chi connectivity index (χ4n) is 2.63. The number of hydrogen-bond acceptors (Lipinski definition) is 6. The number of rotatable bonds is 4. The van der Waals surface area contributed by atoms with Crippen molar-refractivity contribution < 1.29 is 13.2 Å². The average Bonchev–Trinajstić information content (AvgIpc) is 2.86. The van der Waals surface area contributed by atoms with E-state index in [-0.39, 0.29) is 29.2 Å². The zero-order valence-corrected chi connectivity index (χ0v) is 14.3. The minimum atomic E-state index is -2.99. The molecule has 1 aromatic heterocycles. The number of nitrogens with one attached hydrogen (secondary N) is 1. The van der Waals surface area contributed by atoms with Crippen LogP contribution >= 0.6 is 11.8 Å². The predicted octanol–water partition coefficient (Wildman–Crippen LogP) is 1.33. The highest BCUT2D eigenvalue weighted by Crippen LogP contribution is 2.26. The predicted molar refractivity (Wildman–Crippen MR) is 90.2 cm³/mol. The zero-order chi connectivity index (χ0) is 16.4. The lowest BCUT2D eigenvalue weighted by atomic mass is 10.1. The Morgan fingerprint density at radius 2 is 2.04 bits per heavy atom. The number of carbonyl (C=O) groups excluding carboxylic acids is 1. The second kappa shape index (κ2) is 6.45. The number of aromatic nitrogens is 2. The van der Waals surface area contributed by atoms with Gasteiger partial charge in [-0.15, -0.1) is 5.10 Å². The second-order valence-electron chi connectivity index (χ2n) is 5.59. The SMILES string of the molecule is Cc1nnc(SCC(=O)N[C@@H]2CCS(=O)(=O)C2)c2ccccc12. The Hall–Kier alpha value is -1.67. The molecule has 1 atom stereocenters. The highest BCUT2D eigenvalue weighted by atomic mass is 32.2. The number of hydrogen-bond donors (Lipinski definition) is 1. The van der Waals surface area contributed by atoms with E-state index in [1.165, 1.54) is 11.8 Å². The molecule has 2 aromatic rings. The molecule has 1 aliphatic rings. The number of carbonyl (C=O) groups is 1. The van der Waals surface area contributed by atoms with Crippen molar-refractivity contribution in [3.05, 3.63) is 30.0 Å². The number of sulfone groups is 1. The minimum Gasteiger partial charge on any atom is -0.352 e. The summed E-state index contributed by atoms with van der Waals surface area (Å²) < 4.78 is 22.8. The number of fused-ring (bicyclic) bond motifs is 1. The molecule has 23 heavy (non-hydrogen) atoms. The third-order valence-electron chi connectivity index (χ3n) is 3.78. The number of nitrogens with zero attached hydrogens (tertiary/aromatic N) is 2. The van der Waals surface area contributed by atoms with Crippen LogP contribution in [0.1, 0.15) is 12.1 Å². The maximum absolute atomic E-state index is 12.0. The molecule has 0 radical (unpaired) electrons. The molecule has 2 heterocycles. The average molecular weight is 351 g/mol. The molecule has 1 saturated heterocycles. The van der Waals surface area contributed by atoms with E-state index in [1.807, 2.05) is 31.2 Å². The van der Waals surface area contributed by atoms with Crippen molar-refractivity contribution in [3.63, 3.8) is 0 Å². The van der Waals surface area contributed by atoms with Crippen LogP contribution < -0.4 is 5.32 Å². The molecule has 1 aliphatic heterocycles. The quantitative estimate of drug-likeness (QED) is 0.836. The van der Waals surface area contributed by atoms with Gasteiger partial charge in [0.25, 0.3) is 0 Å². The second-order valence-corrected chi connectivity index (χ2v) is 8.79. The van der Waals surface area contributed by atoms with Gasteiger partial charge in [-0.1, -0.05) is 36.0 Å². The molecule has 122 valence electrons. The van der Waals surface area contributed by atoms with Gasteiger partial charge < -0.3 is 5.32 Å². The summed E-state index contributed by atoms with van der Waals surface area (Å²) in [5, 5.41) is 13.8. The number of aryl methyl sites for hydroxylation is 1. The standard InChI is InChI=1S/C15H17N3O3S2/c1-10-12-4-2-3-5-13(12)15(18-17-10)22-8-14(19)16-11-6-7-23(20,21)9-11/h2-5,11H,6-9H2,1H3,(H,16,19)/t11-/m1/s1. The van der Waals surface area contributed by atoms with Crippen LogP contribution in [0.3, 0.4) is 0 Å². The monoisotopic (exact) mass is 351 g/mol. The third kappa shape index (κ3) is 3.81. The highest BCUT2D eigenvalue weighted by Gasteiger charge is 2.28. The summed E-state index contributed by atoms with van der Waals surface area (Å²) in [6.07, 6.45) is 0.492. The normalized spacial score (nSPS) is 19.8. The summed E-state index contributed by atoms with van der Waals surface area (Å²) in [6.45, 7) is 1.90. The third-order valence-corrected chi connectivity index (χ3v) is 6.53. The van der Waals surface area contributed by atoms with Crippen LogP contribution in [0, 0.1) is 6.92 Å². The van der Waals surface area contributed by atoms with Crippen LogP contribution in [-0.2, 0) is 14.6 Å². The van der Waals surface area contributed by atoms with E-state index >= 15 is 0 Å². The smallest absolute Gasteiger partial charge is 0.230 e. The van der Waals surface area contributed by atoms with Gasteiger partial charge in [0.2, 0.25) is 5.91 Å².